The standard InChI is InChI=1S/2C4H4O4.Co/c2*5-3(6)1-2-4(7)8;/h2*1-2H,(H,5,6)(H,7,8);/b2*2-1-;. The molecule has 1 radical (unpaired) electrons. The summed E-state index contributed by atoms with van der Waals surface area (Å²) in [6.07, 6.45) is 2.23. The first-order valence-corrected chi connectivity index (χ1v) is 3.53. The van der Waals surface area contributed by atoms with Crippen LogP contribution in [0.15, 0.2) is 24.3 Å². The van der Waals surface area contributed by atoms with E-state index in [0.29, 0.717) is 24.3 Å². The molecule has 4 N–H and O–H groups in total. The zero-order valence-electron chi connectivity index (χ0n) is 8.06. The van der Waals surface area contributed by atoms with Crippen molar-refractivity contribution in [3.8, 4) is 0 Å². The monoisotopic (exact) mass is 291 g/mol. The minimum atomic E-state index is -1.26. The van der Waals surface area contributed by atoms with E-state index in [1.165, 1.54) is 0 Å². The Bertz CT molecular complexity index is 277. The Kier molecular flexibility index (Phi) is 14.3. The zero-order chi connectivity index (χ0) is 13.1. The third-order valence-electron chi connectivity index (χ3n) is 0.737. The van der Waals surface area contributed by atoms with Crippen molar-refractivity contribution in [1.29, 1.82) is 0 Å². The van der Waals surface area contributed by atoms with Gasteiger partial charge in [-0.1, -0.05) is 0 Å². The molecule has 0 fully saturated rings. The maximum atomic E-state index is 9.55. The maximum absolute atomic E-state index is 9.55. The molecule has 0 amide bonds. The van der Waals surface area contributed by atoms with Gasteiger partial charge in [-0.05, 0) is 0 Å². The second-order valence-electron chi connectivity index (χ2n) is 2.02. The number of hydrogen-bond donors (Lipinski definition) is 4. The average Bonchev–Trinajstić information content (AvgIpc) is 2.12. The molecule has 0 aromatic heterocycles. The summed E-state index contributed by atoms with van der Waals surface area (Å²) in [5.41, 5.74) is 0. The topological polar surface area (TPSA) is 149 Å². The molecule has 0 atom stereocenters. The van der Waals surface area contributed by atoms with Gasteiger partial charge in [-0.2, -0.15) is 0 Å². The molecule has 0 unspecified atom stereocenters. The van der Waals surface area contributed by atoms with E-state index in [2.05, 4.69) is 0 Å². The van der Waals surface area contributed by atoms with Gasteiger partial charge in [0.15, 0.2) is 0 Å². The number of carboxylic acids is 4. The SMILES string of the molecule is O=C(O)/C=C\C(=O)O.O=C(O)/C=C\C(=O)O.[Co]. The molecule has 0 aliphatic heterocycles. The predicted molar refractivity (Wildman–Crippen MR) is 48.8 cm³/mol. The van der Waals surface area contributed by atoms with Gasteiger partial charge >= 0.3 is 23.9 Å². The first-order valence-electron chi connectivity index (χ1n) is 3.53. The zero-order valence-corrected chi connectivity index (χ0v) is 9.11. The van der Waals surface area contributed by atoms with Crippen molar-refractivity contribution in [1.82, 2.24) is 0 Å². The Hall–Kier alpha value is -2.13. The molecule has 0 aromatic rings. The van der Waals surface area contributed by atoms with Crippen molar-refractivity contribution in [2.75, 3.05) is 0 Å². The smallest absolute Gasteiger partial charge is 0.328 e. The number of carbonyl (C=O) groups is 4. The Morgan fingerprint density at radius 1 is 0.529 bits per heavy atom. The van der Waals surface area contributed by atoms with Crippen LogP contribution in [-0.2, 0) is 36.0 Å². The number of hydrogen-bond acceptors (Lipinski definition) is 4. The van der Waals surface area contributed by atoms with Gasteiger partial charge in [-0.3, -0.25) is 0 Å². The fourth-order valence-electron chi connectivity index (χ4n) is 0.285. The third kappa shape index (κ3) is 31.6. The van der Waals surface area contributed by atoms with E-state index < -0.39 is 23.9 Å². The van der Waals surface area contributed by atoms with Crippen LogP contribution in [0.3, 0.4) is 0 Å². The van der Waals surface area contributed by atoms with E-state index in [-0.39, 0.29) is 16.8 Å². The Morgan fingerprint density at radius 3 is 0.706 bits per heavy atom. The molecule has 0 aliphatic carbocycles. The Labute approximate surface area is 105 Å². The van der Waals surface area contributed by atoms with E-state index >= 15 is 0 Å². The van der Waals surface area contributed by atoms with Crippen LogP contribution in [0.1, 0.15) is 0 Å². The van der Waals surface area contributed by atoms with E-state index in [0.717, 1.165) is 0 Å². The van der Waals surface area contributed by atoms with Crippen molar-refractivity contribution in [2.24, 2.45) is 0 Å². The van der Waals surface area contributed by atoms with Crippen LogP contribution in [-0.4, -0.2) is 44.3 Å². The van der Waals surface area contributed by atoms with Gasteiger partial charge in [0, 0.05) is 41.1 Å². The first-order chi connectivity index (χ1) is 7.25. The van der Waals surface area contributed by atoms with Crippen LogP contribution in [0, 0.1) is 0 Å². The van der Waals surface area contributed by atoms with Crippen LogP contribution in [0.4, 0.5) is 0 Å². The van der Waals surface area contributed by atoms with Crippen LogP contribution in [0.25, 0.3) is 0 Å². The number of aliphatic carboxylic acids is 4. The molecule has 0 aliphatic rings. The molecule has 0 saturated carbocycles. The molecular weight excluding hydrogens is 283 g/mol. The van der Waals surface area contributed by atoms with Crippen LogP contribution in [0.2, 0.25) is 0 Å². The minimum absolute atomic E-state index is 0. The van der Waals surface area contributed by atoms with Crippen molar-refractivity contribution < 1.29 is 56.4 Å². The van der Waals surface area contributed by atoms with Crippen LogP contribution < -0.4 is 0 Å². The largest absolute Gasteiger partial charge is 0.478 e. The fourth-order valence-corrected chi connectivity index (χ4v) is 0.285. The van der Waals surface area contributed by atoms with E-state index in [1.54, 1.807) is 0 Å². The van der Waals surface area contributed by atoms with Crippen molar-refractivity contribution in [3.63, 3.8) is 0 Å². The molecule has 0 heterocycles. The Morgan fingerprint density at radius 2 is 0.647 bits per heavy atom. The Balaban J connectivity index is -0.000000218. The normalized spacial score (nSPS) is 8.94. The van der Waals surface area contributed by atoms with E-state index in [1.807, 2.05) is 0 Å². The van der Waals surface area contributed by atoms with Gasteiger partial charge in [0.05, 0.1) is 0 Å². The summed E-state index contributed by atoms with van der Waals surface area (Å²) in [6.45, 7) is 0. The van der Waals surface area contributed by atoms with E-state index in [4.69, 9.17) is 20.4 Å². The summed E-state index contributed by atoms with van der Waals surface area (Å²) in [4.78, 5) is 38.2. The van der Waals surface area contributed by atoms with Gasteiger partial charge in [0.1, 0.15) is 0 Å². The summed E-state index contributed by atoms with van der Waals surface area (Å²) in [5.74, 6) is -5.03. The predicted octanol–water partition coefficient (Wildman–Crippen LogP) is -0.579. The second kappa shape index (κ2) is 11.9. The minimum Gasteiger partial charge on any atom is -0.478 e. The molecule has 17 heavy (non-hydrogen) atoms. The van der Waals surface area contributed by atoms with E-state index in [9.17, 15) is 19.2 Å². The van der Waals surface area contributed by atoms with Gasteiger partial charge in [0.25, 0.3) is 0 Å². The van der Waals surface area contributed by atoms with Gasteiger partial charge in [-0.25, -0.2) is 19.2 Å². The first kappa shape index (κ1) is 20.3. The van der Waals surface area contributed by atoms with Gasteiger partial charge in [-0.15, -0.1) is 0 Å². The molecule has 8 nitrogen and oxygen atoms in total. The third-order valence-corrected chi connectivity index (χ3v) is 0.737. The molecule has 0 spiro atoms. The fraction of sp³-hybridized carbons (Fsp3) is 0. The summed E-state index contributed by atoms with van der Waals surface area (Å²) in [6, 6.07) is 0. The van der Waals surface area contributed by atoms with Crippen molar-refractivity contribution >= 4 is 23.9 Å². The molecule has 97 valence electrons. The molecule has 0 rings (SSSR count). The maximum Gasteiger partial charge on any atom is 0.328 e. The molecule has 0 saturated heterocycles. The van der Waals surface area contributed by atoms with Crippen molar-refractivity contribution in [3.05, 3.63) is 24.3 Å². The second-order valence-corrected chi connectivity index (χ2v) is 2.02. The molecule has 0 bridgehead atoms. The summed E-state index contributed by atoms with van der Waals surface area (Å²) in [7, 11) is 0. The molecule has 9 heteroatoms. The average molecular weight is 291 g/mol. The summed E-state index contributed by atoms with van der Waals surface area (Å²) in [5, 5.41) is 31.2. The van der Waals surface area contributed by atoms with Crippen LogP contribution >= 0.6 is 0 Å². The summed E-state index contributed by atoms with van der Waals surface area (Å²) < 4.78 is 0. The van der Waals surface area contributed by atoms with Crippen molar-refractivity contribution in [2.45, 2.75) is 0 Å². The van der Waals surface area contributed by atoms with Gasteiger partial charge < -0.3 is 20.4 Å². The van der Waals surface area contributed by atoms with Gasteiger partial charge in [0.2, 0.25) is 0 Å². The summed E-state index contributed by atoms with van der Waals surface area (Å²) >= 11 is 0. The molecular formula is C8H8CoO8. The molecule has 0 aromatic carbocycles. The quantitative estimate of drug-likeness (QED) is 0.502. The van der Waals surface area contributed by atoms with Crippen LogP contribution in [0.5, 0.6) is 0 Å². The number of carboxylic acid groups (broad SMARTS) is 4. The number of rotatable bonds is 4.